The molecule has 25 heavy (non-hydrogen) atoms. The lowest BCUT2D eigenvalue weighted by Crippen LogP contribution is -2.47. The van der Waals surface area contributed by atoms with Crippen LogP contribution in [0.25, 0.3) is 0 Å². The molecule has 0 radical (unpaired) electrons. The number of carbonyl (C=O) groups excluding carboxylic acids is 1. The Morgan fingerprint density at radius 3 is 2.20 bits per heavy atom. The summed E-state index contributed by atoms with van der Waals surface area (Å²) in [6.45, 7) is 9.61. The quantitative estimate of drug-likeness (QED) is 0.412. The van der Waals surface area contributed by atoms with Crippen LogP contribution in [0.5, 0.6) is 0 Å². The molecule has 2 N–H and O–H groups in total. The summed E-state index contributed by atoms with van der Waals surface area (Å²) in [6.07, 6.45) is -0.331. The molecular formula is C15H32N3O6P. The second kappa shape index (κ2) is 11.8. The second-order valence-electron chi connectivity index (χ2n) is 6.04. The largest absolute Gasteiger partial charge is 0.447 e. The van der Waals surface area contributed by atoms with Gasteiger partial charge >= 0.3 is 6.09 Å². The van der Waals surface area contributed by atoms with Crippen molar-refractivity contribution in [2.24, 2.45) is 0 Å². The summed E-state index contributed by atoms with van der Waals surface area (Å²) in [7, 11) is -2.32. The fourth-order valence-electron chi connectivity index (χ4n) is 2.40. The molecular weight excluding hydrogens is 349 g/mol. The number of nitrogens with one attached hydrogen (secondary N) is 1. The summed E-state index contributed by atoms with van der Waals surface area (Å²) in [5.41, 5.74) is 0. The van der Waals surface area contributed by atoms with Crippen LogP contribution in [0.15, 0.2) is 0 Å². The Balaban J connectivity index is 2.16. The van der Waals surface area contributed by atoms with Gasteiger partial charge in [0.2, 0.25) is 0 Å². The van der Waals surface area contributed by atoms with Gasteiger partial charge in [-0.1, -0.05) is 0 Å². The topological polar surface area (TPSA) is 105 Å². The van der Waals surface area contributed by atoms with Crippen molar-refractivity contribution in [3.63, 3.8) is 0 Å². The predicted molar refractivity (Wildman–Crippen MR) is 95.0 cm³/mol. The lowest BCUT2D eigenvalue weighted by Gasteiger charge is -2.39. The second-order valence-corrected chi connectivity index (χ2v) is 8.57. The highest BCUT2D eigenvalue weighted by molar-refractivity contribution is 7.56. The average Bonchev–Trinajstić information content (AvgIpc) is 2.56. The summed E-state index contributed by atoms with van der Waals surface area (Å²) >= 11 is 0. The lowest BCUT2D eigenvalue weighted by atomic mass is 10.4. The molecule has 0 aromatic rings. The number of piperazine rings is 1. The molecule has 0 aliphatic carbocycles. The van der Waals surface area contributed by atoms with E-state index in [0.717, 1.165) is 0 Å². The van der Waals surface area contributed by atoms with Crippen molar-refractivity contribution < 1.29 is 28.6 Å². The molecule has 0 aromatic carbocycles. The molecule has 9 nitrogen and oxygen atoms in total. The van der Waals surface area contributed by atoms with Crippen molar-refractivity contribution in [3.8, 4) is 0 Å². The van der Waals surface area contributed by atoms with Gasteiger partial charge in [0.05, 0.1) is 39.1 Å². The van der Waals surface area contributed by atoms with Crippen LogP contribution < -0.4 is 0 Å². The molecule has 1 unspecified atom stereocenters. The Morgan fingerprint density at radius 2 is 1.64 bits per heavy atom. The van der Waals surface area contributed by atoms with E-state index in [-0.39, 0.29) is 25.4 Å². The molecule has 1 heterocycles. The van der Waals surface area contributed by atoms with E-state index in [9.17, 15) is 4.79 Å². The fourth-order valence-corrected chi connectivity index (χ4v) is 4.30. The first-order valence-corrected chi connectivity index (χ1v) is 10.7. The van der Waals surface area contributed by atoms with Gasteiger partial charge in [-0.2, -0.15) is 0 Å². The number of amides is 1. The van der Waals surface area contributed by atoms with Crippen LogP contribution in [-0.4, -0.2) is 99.4 Å². The number of ether oxygens (including phenoxy) is 3. The van der Waals surface area contributed by atoms with E-state index in [1.165, 1.54) is 0 Å². The first kappa shape index (κ1) is 22.3. The molecule has 10 heteroatoms. The standard InChI is InChI=1S/C15H32N3O6P/c1-14(2)24-25(3,16)18-6-4-17(5-7-18)15(20)23-13-12-22-11-10-21-9-8-19/h14,16,19H,4-13H2,1-3H3. The monoisotopic (exact) mass is 381 g/mol. The van der Waals surface area contributed by atoms with Gasteiger partial charge in [0.25, 0.3) is 0 Å². The predicted octanol–water partition coefficient (Wildman–Crippen LogP) is 1.43. The van der Waals surface area contributed by atoms with Gasteiger partial charge in [0.1, 0.15) is 14.0 Å². The van der Waals surface area contributed by atoms with Crippen molar-refractivity contribution in [1.29, 1.82) is 5.16 Å². The highest BCUT2D eigenvalue weighted by Crippen LogP contribution is 2.49. The number of aliphatic hydroxyl groups excluding tert-OH is 1. The molecule has 1 aliphatic rings. The number of rotatable bonds is 11. The minimum atomic E-state index is -2.32. The van der Waals surface area contributed by atoms with Gasteiger partial charge in [-0.25, -0.2) is 9.46 Å². The fraction of sp³-hybridized carbons (Fsp3) is 0.933. The molecule has 1 aliphatic heterocycles. The SMILES string of the molecule is CC(C)OP(C)(=N)N1CCN(C(=O)OCCOCCOCCO)CC1. The third kappa shape index (κ3) is 8.99. The maximum absolute atomic E-state index is 12.0. The molecule has 148 valence electrons. The number of nitrogens with zero attached hydrogens (tertiary/aromatic N) is 2. The van der Waals surface area contributed by atoms with Gasteiger partial charge < -0.3 is 28.7 Å². The molecule has 1 saturated heterocycles. The van der Waals surface area contributed by atoms with E-state index >= 15 is 0 Å². The Labute approximate surface area is 150 Å². The summed E-state index contributed by atoms with van der Waals surface area (Å²) < 4.78 is 23.3. The molecule has 1 amide bonds. The third-order valence-electron chi connectivity index (χ3n) is 3.53. The van der Waals surface area contributed by atoms with Gasteiger partial charge in [-0.05, 0) is 13.8 Å². The Morgan fingerprint density at radius 1 is 1.08 bits per heavy atom. The van der Waals surface area contributed by atoms with Gasteiger partial charge in [-0.15, -0.1) is 0 Å². The third-order valence-corrected chi connectivity index (χ3v) is 5.84. The van der Waals surface area contributed by atoms with Crippen molar-refractivity contribution in [1.82, 2.24) is 9.57 Å². The van der Waals surface area contributed by atoms with Crippen LogP contribution >= 0.6 is 7.43 Å². The van der Waals surface area contributed by atoms with Crippen molar-refractivity contribution in [3.05, 3.63) is 0 Å². The number of carbonyl (C=O) groups is 1. The molecule has 0 saturated carbocycles. The smallest absolute Gasteiger partial charge is 0.409 e. The van der Waals surface area contributed by atoms with Crippen molar-refractivity contribution in [2.75, 3.05) is 72.5 Å². The van der Waals surface area contributed by atoms with Gasteiger partial charge in [0, 0.05) is 32.8 Å². The van der Waals surface area contributed by atoms with Crippen LogP contribution in [0.4, 0.5) is 4.79 Å². The zero-order valence-electron chi connectivity index (χ0n) is 15.5. The molecule has 0 aromatic heterocycles. The maximum Gasteiger partial charge on any atom is 0.409 e. The highest BCUT2D eigenvalue weighted by atomic mass is 31.2. The van der Waals surface area contributed by atoms with Crippen LogP contribution in [0.1, 0.15) is 13.8 Å². The first-order chi connectivity index (χ1) is 11.9. The van der Waals surface area contributed by atoms with Crippen LogP contribution in [0.2, 0.25) is 0 Å². The highest BCUT2D eigenvalue weighted by Gasteiger charge is 2.29. The summed E-state index contributed by atoms with van der Waals surface area (Å²) in [4.78, 5) is 13.7. The molecule has 1 fully saturated rings. The summed E-state index contributed by atoms with van der Waals surface area (Å²) in [5.74, 6) is 0. The zero-order chi connectivity index (χ0) is 18.7. The first-order valence-electron chi connectivity index (χ1n) is 8.60. The Bertz CT molecular complexity index is 429. The minimum Gasteiger partial charge on any atom is -0.447 e. The van der Waals surface area contributed by atoms with Gasteiger partial charge in [-0.3, -0.25) is 5.16 Å². The van der Waals surface area contributed by atoms with Gasteiger partial charge in [0.15, 0.2) is 0 Å². The molecule has 0 bridgehead atoms. The Kier molecular flexibility index (Phi) is 10.6. The lowest BCUT2D eigenvalue weighted by molar-refractivity contribution is 0.0128. The maximum atomic E-state index is 12.0. The number of aliphatic hydroxyl groups is 1. The normalized spacial score (nSPS) is 18.4. The van der Waals surface area contributed by atoms with E-state index in [1.54, 1.807) is 4.90 Å². The van der Waals surface area contributed by atoms with E-state index in [1.807, 2.05) is 25.2 Å². The number of hydrogen-bond donors (Lipinski definition) is 2. The molecule has 1 rings (SSSR count). The number of hydrogen-bond acceptors (Lipinski definition) is 7. The van der Waals surface area contributed by atoms with Crippen molar-refractivity contribution in [2.45, 2.75) is 20.0 Å². The van der Waals surface area contributed by atoms with E-state index < -0.39 is 7.43 Å². The summed E-state index contributed by atoms with van der Waals surface area (Å²) in [5, 5.41) is 16.9. The summed E-state index contributed by atoms with van der Waals surface area (Å²) in [6, 6.07) is 0. The average molecular weight is 381 g/mol. The minimum absolute atomic E-state index is 0.00413. The molecule has 1 atom stereocenters. The molecule has 0 spiro atoms. The van der Waals surface area contributed by atoms with Crippen LogP contribution in [-0.2, 0) is 18.7 Å². The van der Waals surface area contributed by atoms with E-state index in [2.05, 4.69) is 0 Å². The van der Waals surface area contributed by atoms with E-state index in [4.69, 9.17) is 29.0 Å². The van der Waals surface area contributed by atoms with Crippen LogP contribution in [0, 0.1) is 5.16 Å². The van der Waals surface area contributed by atoms with E-state index in [0.29, 0.717) is 52.6 Å². The van der Waals surface area contributed by atoms with Crippen molar-refractivity contribution >= 4 is 13.5 Å². The zero-order valence-corrected chi connectivity index (χ0v) is 16.4. The van der Waals surface area contributed by atoms with Crippen LogP contribution in [0.3, 0.4) is 0 Å². The Hall–Kier alpha value is -0.700.